The van der Waals surface area contributed by atoms with Crippen LogP contribution in [0.15, 0.2) is 77.8 Å². The van der Waals surface area contributed by atoms with E-state index in [1.165, 1.54) is 0 Å². The van der Waals surface area contributed by atoms with Gasteiger partial charge in [0.2, 0.25) is 0 Å². The summed E-state index contributed by atoms with van der Waals surface area (Å²) in [5.74, 6) is -0.729. The predicted octanol–water partition coefficient (Wildman–Crippen LogP) is 4.29. The van der Waals surface area contributed by atoms with Gasteiger partial charge in [0.05, 0.1) is 11.3 Å². The highest BCUT2D eigenvalue weighted by Gasteiger charge is 2.29. The number of carboxylic acid groups (broad SMARTS) is 1. The molecule has 2 aromatic carbocycles. The van der Waals surface area contributed by atoms with Crippen molar-refractivity contribution in [2.45, 2.75) is 0 Å². The average Bonchev–Trinajstić information content (AvgIpc) is 3.35. The number of allylic oxidation sites excluding steroid dienone is 1. The Balaban J connectivity index is 1.77. The standard InChI is InChI=1S/C23H17NO4S/c25-20(26)14-28-17-9-4-6-15(12-17)13-18-22(19-10-5-11-29-19)21(23(27)24-18)16-7-2-1-3-8-16/h1-13H,14H2,(H,24,27)(H,25,26)/b18-13-. The minimum Gasteiger partial charge on any atom is -0.482 e. The lowest BCUT2D eigenvalue weighted by Crippen LogP contribution is -2.15. The quantitative estimate of drug-likeness (QED) is 0.644. The number of thiophene rings is 1. The van der Waals surface area contributed by atoms with Crippen molar-refractivity contribution in [3.63, 3.8) is 0 Å². The first kappa shape index (κ1) is 18.7. The molecule has 0 saturated heterocycles. The third kappa shape index (κ3) is 4.12. The van der Waals surface area contributed by atoms with Crippen molar-refractivity contribution in [1.29, 1.82) is 0 Å². The lowest BCUT2D eigenvalue weighted by atomic mass is 9.99. The van der Waals surface area contributed by atoms with E-state index in [0.717, 1.165) is 21.6 Å². The van der Waals surface area contributed by atoms with Crippen molar-refractivity contribution in [3.8, 4) is 5.75 Å². The fourth-order valence-electron chi connectivity index (χ4n) is 3.17. The molecule has 1 amide bonds. The molecule has 1 aromatic heterocycles. The topological polar surface area (TPSA) is 75.6 Å². The fourth-order valence-corrected chi connectivity index (χ4v) is 3.96. The number of carboxylic acids is 1. The van der Waals surface area contributed by atoms with Crippen molar-refractivity contribution in [1.82, 2.24) is 5.32 Å². The molecule has 0 fully saturated rings. The third-order valence-electron chi connectivity index (χ3n) is 4.36. The summed E-state index contributed by atoms with van der Waals surface area (Å²) in [6.45, 7) is -0.407. The Kier molecular flexibility index (Phi) is 5.27. The van der Waals surface area contributed by atoms with Crippen molar-refractivity contribution in [2.24, 2.45) is 0 Å². The number of hydrogen-bond acceptors (Lipinski definition) is 4. The zero-order chi connectivity index (χ0) is 20.2. The first-order valence-electron chi connectivity index (χ1n) is 8.93. The summed E-state index contributed by atoms with van der Waals surface area (Å²) in [4.78, 5) is 24.6. The molecule has 1 aliphatic rings. The summed E-state index contributed by atoms with van der Waals surface area (Å²) in [6, 6.07) is 20.6. The molecule has 144 valence electrons. The molecule has 0 atom stereocenters. The Labute approximate surface area is 171 Å². The number of carbonyl (C=O) groups is 2. The van der Waals surface area contributed by atoms with Gasteiger partial charge in [0.25, 0.3) is 5.91 Å². The lowest BCUT2D eigenvalue weighted by molar-refractivity contribution is -0.139. The molecule has 29 heavy (non-hydrogen) atoms. The van der Waals surface area contributed by atoms with E-state index in [1.807, 2.05) is 60.0 Å². The highest BCUT2D eigenvalue weighted by atomic mass is 32.1. The molecule has 0 unspecified atom stereocenters. The van der Waals surface area contributed by atoms with Gasteiger partial charge in [-0.1, -0.05) is 48.5 Å². The summed E-state index contributed by atoms with van der Waals surface area (Å²) >= 11 is 1.57. The summed E-state index contributed by atoms with van der Waals surface area (Å²) < 4.78 is 5.26. The molecule has 2 heterocycles. The Morgan fingerprint density at radius 2 is 1.86 bits per heavy atom. The second-order valence-electron chi connectivity index (χ2n) is 6.36. The SMILES string of the molecule is O=C(O)COc1cccc(/C=C2\NC(=O)C(c3ccccc3)=C2c2cccs2)c1. The number of carbonyl (C=O) groups excluding carboxylic acids is 1. The average molecular weight is 403 g/mol. The van der Waals surface area contributed by atoms with Crippen molar-refractivity contribution in [3.05, 3.63) is 93.8 Å². The van der Waals surface area contributed by atoms with Crippen LogP contribution in [0.1, 0.15) is 16.0 Å². The monoisotopic (exact) mass is 403 g/mol. The van der Waals surface area contributed by atoms with Gasteiger partial charge in [-0.2, -0.15) is 0 Å². The summed E-state index contributed by atoms with van der Waals surface area (Å²) in [7, 11) is 0. The highest BCUT2D eigenvalue weighted by Crippen LogP contribution is 2.39. The minimum atomic E-state index is -1.03. The molecule has 0 bridgehead atoms. The van der Waals surface area contributed by atoms with Crippen LogP contribution < -0.4 is 10.1 Å². The predicted molar refractivity (Wildman–Crippen MR) is 113 cm³/mol. The second kappa shape index (κ2) is 8.16. The number of hydrogen-bond donors (Lipinski definition) is 2. The molecular weight excluding hydrogens is 386 g/mol. The minimum absolute atomic E-state index is 0.149. The van der Waals surface area contributed by atoms with Gasteiger partial charge in [-0.3, -0.25) is 4.79 Å². The lowest BCUT2D eigenvalue weighted by Gasteiger charge is -2.07. The molecule has 4 rings (SSSR count). The van der Waals surface area contributed by atoms with E-state index in [4.69, 9.17) is 9.84 Å². The van der Waals surface area contributed by atoms with Gasteiger partial charge in [0.15, 0.2) is 6.61 Å². The van der Waals surface area contributed by atoms with E-state index in [2.05, 4.69) is 5.32 Å². The van der Waals surface area contributed by atoms with Gasteiger partial charge in [0.1, 0.15) is 5.75 Å². The smallest absolute Gasteiger partial charge is 0.341 e. The largest absolute Gasteiger partial charge is 0.482 e. The zero-order valence-electron chi connectivity index (χ0n) is 15.3. The van der Waals surface area contributed by atoms with Crippen LogP contribution in [0, 0.1) is 0 Å². The maximum Gasteiger partial charge on any atom is 0.341 e. The van der Waals surface area contributed by atoms with Crippen LogP contribution in [-0.2, 0) is 9.59 Å². The van der Waals surface area contributed by atoms with E-state index in [1.54, 1.807) is 29.5 Å². The second-order valence-corrected chi connectivity index (χ2v) is 7.31. The summed E-state index contributed by atoms with van der Waals surface area (Å²) in [5.41, 5.74) is 3.85. The highest BCUT2D eigenvalue weighted by molar-refractivity contribution is 7.11. The van der Waals surface area contributed by atoms with Crippen LogP contribution in [0.25, 0.3) is 17.2 Å². The summed E-state index contributed by atoms with van der Waals surface area (Å²) in [5, 5.41) is 13.7. The number of benzene rings is 2. The van der Waals surface area contributed by atoms with Crippen molar-refractivity contribution < 1.29 is 19.4 Å². The van der Waals surface area contributed by atoms with E-state index in [-0.39, 0.29) is 5.91 Å². The zero-order valence-corrected chi connectivity index (χ0v) is 16.1. The number of ether oxygens (including phenoxy) is 1. The van der Waals surface area contributed by atoms with E-state index < -0.39 is 12.6 Å². The van der Waals surface area contributed by atoms with Crippen LogP contribution in [0.5, 0.6) is 5.75 Å². The van der Waals surface area contributed by atoms with Gasteiger partial charge in [-0.15, -0.1) is 11.3 Å². The molecular formula is C23H17NO4S. The molecule has 0 radical (unpaired) electrons. The molecule has 0 aliphatic carbocycles. The van der Waals surface area contributed by atoms with Gasteiger partial charge < -0.3 is 15.2 Å². The third-order valence-corrected chi connectivity index (χ3v) is 5.24. The molecule has 6 heteroatoms. The maximum atomic E-state index is 12.8. The molecule has 3 aromatic rings. The Bertz CT molecular complexity index is 1110. The van der Waals surface area contributed by atoms with Crippen LogP contribution in [0.4, 0.5) is 0 Å². The first-order chi connectivity index (χ1) is 14.1. The van der Waals surface area contributed by atoms with Gasteiger partial charge in [0, 0.05) is 10.5 Å². The van der Waals surface area contributed by atoms with Crippen LogP contribution in [0.2, 0.25) is 0 Å². The van der Waals surface area contributed by atoms with Crippen LogP contribution in [-0.4, -0.2) is 23.6 Å². The van der Waals surface area contributed by atoms with E-state index in [0.29, 0.717) is 17.0 Å². The fraction of sp³-hybridized carbons (Fsp3) is 0.0435. The normalized spacial score (nSPS) is 14.9. The van der Waals surface area contributed by atoms with Crippen molar-refractivity contribution >= 4 is 40.4 Å². The Hall–Kier alpha value is -3.64. The van der Waals surface area contributed by atoms with Crippen LogP contribution >= 0.6 is 11.3 Å². The van der Waals surface area contributed by atoms with Crippen molar-refractivity contribution in [2.75, 3.05) is 6.61 Å². The maximum absolute atomic E-state index is 12.8. The molecule has 0 saturated carbocycles. The number of rotatable bonds is 6. The molecule has 0 spiro atoms. The number of nitrogens with one attached hydrogen (secondary N) is 1. The van der Waals surface area contributed by atoms with Gasteiger partial charge >= 0.3 is 5.97 Å². The molecule has 1 aliphatic heterocycles. The number of aliphatic carboxylic acids is 1. The van der Waals surface area contributed by atoms with Crippen LogP contribution in [0.3, 0.4) is 0 Å². The van der Waals surface area contributed by atoms with E-state index >= 15 is 0 Å². The van der Waals surface area contributed by atoms with E-state index in [9.17, 15) is 9.59 Å². The molecule has 5 nitrogen and oxygen atoms in total. The Morgan fingerprint density at radius 1 is 1.03 bits per heavy atom. The Morgan fingerprint density at radius 3 is 2.59 bits per heavy atom. The molecule has 2 N–H and O–H groups in total. The van der Waals surface area contributed by atoms with Gasteiger partial charge in [-0.05, 0) is 40.8 Å². The summed E-state index contributed by atoms with van der Waals surface area (Å²) in [6.07, 6.45) is 1.87. The van der Waals surface area contributed by atoms with Gasteiger partial charge in [-0.25, -0.2) is 4.79 Å². The first-order valence-corrected chi connectivity index (χ1v) is 9.81. The number of amides is 1.